The SMILES string of the molecule is CC(=O)Nc1ccc(F)c(NC(=O)CNC(=O)NCc2ccc(F)cc2)c1. The molecule has 27 heavy (non-hydrogen) atoms. The van der Waals surface area contributed by atoms with Crippen LogP contribution in [0.5, 0.6) is 0 Å². The van der Waals surface area contributed by atoms with Gasteiger partial charge in [-0.25, -0.2) is 13.6 Å². The van der Waals surface area contributed by atoms with E-state index in [0.717, 1.165) is 6.07 Å². The fraction of sp³-hybridized carbons (Fsp3) is 0.167. The number of benzene rings is 2. The van der Waals surface area contributed by atoms with Crippen LogP contribution in [0.1, 0.15) is 12.5 Å². The Morgan fingerprint density at radius 3 is 2.30 bits per heavy atom. The molecular formula is C18H18F2N4O3. The molecule has 7 nitrogen and oxygen atoms in total. The lowest BCUT2D eigenvalue weighted by molar-refractivity contribution is -0.115. The number of hydrogen-bond donors (Lipinski definition) is 4. The van der Waals surface area contributed by atoms with E-state index in [0.29, 0.717) is 11.3 Å². The molecule has 142 valence electrons. The van der Waals surface area contributed by atoms with Gasteiger partial charge in [0.05, 0.1) is 12.2 Å². The van der Waals surface area contributed by atoms with E-state index in [2.05, 4.69) is 21.3 Å². The molecule has 0 fully saturated rings. The minimum absolute atomic E-state index is 0.125. The second-order valence-corrected chi connectivity index (χ2v) is 5.59. The zero-order valence-corrected chi connectivity index (χ0v) is 14.4. The summed E-state index contributed by atoms with van der Waals surface area (Å²) in [5, 5.41) is 9.61. The maximum atomic E-state index is 13.7. The summed E-state index contributed by atoms with van der Waals surface area (Å²) in [6, 6.07) is 8.70. The Hall–Kier alpha value is -3.49. The van der Waals surface area contributed by atoms with Crippen LogP contribution in [-0.4, -0.2) is 24.4 Å². The predicted molar refractivity (Wildman–Crippen MR) is 96.0 cm³/mol. The molecule has 0 heterocycles. The summed E-state index contributed by atoms with van der Waals surface area (Å²) in [5.41, 5.74) is 0.886. The zero-order chi connectivity index (χ0) is 19.8. The summed E-state index contributed by atoms with van der Waals surface area (Å²) in [5.74, 6) is -2.04. The van der Waals surface area contributed by atoms with E-state index in [1.807, 2.05) is 0 Å². The standard InChI is InChI=1S/C18H18F2N4O3/c1-11(25)23-14-6-7-15(20)16(8-14)24-17(26)10-22-18(27)21-9-12-2-4-13(19)5-3-12/h2-8H,9-10H2,1H3,(H,23,25)(H,24,26)(H2,21,22,27). The van der Waals surface area contributed by atoms with Crippen LogP contribution in [0.3, 0.4) is 0 Å². The van der Waals surface area contributed by atoms with Crippen molar-refractivity contribution in [2.75, 3.05) is 17.2 Å². The largest absolute Gasteiger partial charge is 0.334 e. The topological polar surface area (TPSA) is 99.3 Å². The lowest BCUT2D eigenvalue weighted by Gasteiger charge is -2.10. The molecule has 0 aliphatic heterocycles. The predicted octanol–water partition coefficient (Wildman–Crippen LogP) is 2.36. The lowest BCUT2D eigenvalue weighted by Crippen LogP contribution is -2.39. The van der Waals surface area contributed by atoms with Crippen molar-refractivity contribution in [1.82, 2.24) is 10.6 Å². The Morgan fingerprint density at radius 1 is 0.926 bits per heavy atom. The van der Waals surface area contributed by atoms with Crippen molar-refractivity contribution in [2.24, 2.45) is 0 Å². The number of carbonyl (C=O) groups is 3. The summed E-state index contributed by atoms with van der Waals surface area (Å²) in [6.07, 6.45) is 0. The van der Waals surface area contributed by atoms with E-state index >= 15 is 0 Å². The molecule has 9 heteroatoms. The molecule has 0 saturated carbocycles. The minimum Gasteiger partial charge on any atom is -0.334 e. The number of amides is 4. The summed E-state index contributed by atoms with van der Waals surface area (Å²) in [4.78, 5) is 34.6. The molecule has 0 radical (unpaired) electrons. The quantitative estimate of drug-likeness (QED) is 0.623. The Balaban J connectivity index is 1.80. The van der Waals surface area contributed by atoms with E-state index in [1.54, 1.807) is 0 Å². The summed E-state index contributed by atoms with van der Waals surface area (Å²) >= 11 is 0. The molecule has 2 aromatic carbocycles. The maximum absolute atomic E-state index is 13.7. The molecule has 2 rings (SSSR count). The number of urea groups is 1. The van der Waals surface area contributed by atoms with Gasteiger partial charge in [0.2, 0.25) is 11.8 Å². The van der Waals surface area contributed by atoms with Gasteiger partial charge in [-0.05, 0) is 35.9 Å². The Labute approximate surface area is 154 Å². The fourth-order valence-electron chi connectivity index (χ4n) is 2.10. The number of hydrogen-bond acceptors (Lipinski definition) is 3. The highest BCUT2D eigenvalue weighted by atomic mass is 19.1. The Morgan fingerprint density at radius 2 is 1.63 bits per heavy atom. The number of halogens is 2. The third-order valence-corrected chi connectivity index (χ3v) is 3.34. The molecule has 0 unspecified atom stereocenters. The van der Waals surface area contributed by atoms with Crippen LogP contribution in [0.4, 0.5) is 25.0 Å². The molecular weight excluding hydrogens is 358 g/mol. The molecule has 0 atom stereocenters. The van der Waals surface area contributed by atoms with Gasteiger partial charge in [-0.15, -0.1) is 0 Å². The minimum atomic E-state index is -0.682. The molecule has 0 spiro atoms. The van der Waals surface area contributed by atoms with Crippen LogP contribution in [0, 0.1) is 11.6 Å². The van der Waals surface area contributed by atoms with Gasteiger partial charge in [0.15, 0.2) is 0 Å². The zero-order valence-electron chi connectivity index (χ0n) is 14.4. The first-order chi connectivity index (χ1) is 12.8. The molecule has 2 aromatic rings. The van der Waals surface area contributed by atoms with E-state index in [1.165, 1.54) is 43.3 Å². The first-order valence-electron chi connectivity index (χ1n) is 7.96. The number of carbonyl (C=O) groups excluding carboxylic acids is 3. The van der Waals surface area contributed by atoms with Crippen LogP contribution in [0.2, 0.25) is 0 Å². The van der Waals surface area contributed by atoms with Crippen molar-refractivity contribution >= 4 is 29.2 Å². The van der Waals surface area contributed by atoms with E-state index in [9.17, 15) is 23.2 Å². The fourth-order valence-corrected chi connectivity index (χ4v) is 2.10. The lowest BCUT2D eigenvalue weighted by atomic mass is 10.2. The average Bonchev–Trinajstić information content (AvgIpc) is 2.62. The van der Waals surface area contributed by atoms with Gasteiger partial charge >= 0.3 is 6.03 Å². The normalized spacial score (nSPS) is 10.0. The summed E-state index contributed by atoms with van der Waals surface area (Å²) in [6.45, 7) is 1.07. The highest BCUT2D eigenvalue weighted by Crippen LogP contribution is 2.19. The Bertz CT molecular complexity index is 841. The van der Waals surface area contributed by atoms with Gasteiger partial charge in [0, 0.05) is 19.2 Å². The van der Waals surface area contributed by atoms with Gasteiger partial charge < -0.3 is 21.3 Å². The second kappa shape index (κ2) is 9.27. The number of anilines is 2. The van der Waals surface area contributed by atoms with Gasteiger partial charge in [-0.2, -0.15) is 0 Å². The van der Waals surface area contributed by atoms with Gasteiger partial charge in [0.1, 0.15) is 11.6 Å². The molecule has 0 saturated heterocycles. The van der Waals surface area contributed by atoms with Crippen LogP contribution < -0.4 is 21.3 Å². The van der Waals surface area contributed by atoms with Crippen molar-refractivity contribution < 1.29 is 23.2 Å². The van der Waals surface area contributed by atoms with Crippen molar-refractivity contribution in [1.29, 1.82) is 0 Å². The average molecular weight is 376 g/mol. The van der Waals surface area contributed by atoms with Crippen molar-refractivity contribution in [3.8, 4) is 0 Å². The van der Waals surface area contributed by atoms with Gasteiger partial charge in [-0.1, -0.05) is 12.1 Å². The summed E-state index contributed by atoms with van der Waals surface area (Å²) in [7, 11) is 0. The third-order valence-electron chi connectivity index (χ3n) is 3.34. The van der Waals surface area contributed by atoms with Crippen molar-refractivity contribution in [3.05, 3.63) is 59.7 Å². The Kier molecular flexibility index (Phi) is 6.81. The highest BCUT2D eigenvalue weighted by molar-refractivity contribution is 5.95. The van der Waals surface area contributed by atoms with Crippen LogP contribution in [0.15, 0.2) is 42.5 Å². The molecule has 0 aliphatic rings. The molecule has 0 bridgehead atoms. The van der Waals surface area contributed by atoms with Crippen LogP contribution >= 0.6 is 0 Å². The van der Waals surface area contributed by atoms with Gasteiger partial charge in [-0.3, -0.25) is 9.59 Å². The monoisotopic (exact) mass is 376 g/mol. The number of rotatable bonds is 6. The third kappa shape index (κ3) is 6.73. The van der Waals surface area contributed by atoms with Crippen LogP contribution in [0.25, 0.3) is 0 Å². The van der Waals surface area contributed by atoms with Crippen LogP contribution in [-0.2, 0) is 16.1 Å². The molecule has 0 aromatic heterocycles. The smallest absolute Gasteiger partial charge is 0.315 e. The highest BCUT2D eigenvalue weighted by Gasteiger charge is 2.10. The van der Waals surface area contributed by atoms with Gasteiger partial charge in [0.25, 0.3) is 0 Å². The van der Waals surface area contributed by atoms with E-state index in [4.69, 9.17) is 0 Å². The van der Waals surface area contributed by atoms with Crippen molar-refractivity contribution in [3.63, 3.8) is 0 Å². The van der Waals surface area contributed by atoms with E-state index < -0.39 is 17.8 Å². The molecule has 4 amide bonds. The summed E-state index contributed by atoms with van der Waals surface area (Å²) < 4.78 is 26.5. The first kappa shape index (κ1) is 19.8. The van der Waals surface area contributed by atoms with Crippen molar-refractivity contribution in [2.45, 2.75) is 13.5 Å². The van der Waals surface area contributed by atoms with E-state index in [-0.39, 0.29) is 30.5 Å². The maximum Gasteiger partial charge on any atom is 0.315 e. The molecule has 0 aliphatic carbocycles. The first-order valence-corrected chi connectivity index (χ1v) is 7.96. The molecule has 4 N–H and O–H groups in total. The second-order valence-electron chi connectivity index (χ2n) is 5.59. The number of nitrogens with one attached hydrogen (secondary N) is 4.